The lowest BCUT2D eigenvalue weighted by atomic mass is 10.1. The van der Waals surface area contributed by atoms with Crippen molar-refractivity contribution in [2.45, 2.75) is 19.4 Å². The zero-order valence-corrected chi connectivity index (χ0v) is 13.3. The normalized spacial score (nSPS) is 18.5. The van der Waals surface area contributed by atoms with E-state index in [0.29, 0.717) is 6.61 Å². The van der Waals surface area contributed by atoms with E-state index >= 15 is 0 Å². The van der Waals surface area contributed by atoms with Crippen LogP contribution in [0.15, 0.2) is 18.2 Å². The Balaban J connectivity index is 2.04. The number of nitrogens with one attached hydrogen (secondary N) is 1. The van der Waals surface area contributed by atoms with Crippen LogP contribution in [-0.2, 0) is 14.3 Å². The Kier molecular flexibility index (Phi) is 5.45. The van der Waals surface area contributed by atoms with E-state index in [4.69, 9.17) is 4.74 Å². The standard InChI is InChI=1S/C15H18FN3O5/c1-9(8-24-2)18-7-10(5-14(18)20)15(21)17-11-3-4-12(16)13(6-11)19(22)23/h3-4,6,9-10H,5,7-8H2,1-2H3,(H,17,21)/t9-,10+/m1/s1. The lowest BCUT2D eigenvalue weighted by Gasteiger charge is -2.23. The fourth-order valence-corrected chi connectivity index (χ4v) is 2.64. The van der Waals surface area contributed by atoms with E-state index in [1.807, 2.05) is 6.92 Å². The minimum atomic E-state index is -0.978. The van der Waals surface area contributed by atoms with E-state index in [9.17, 15) is 24.1 Å². The molecule has 0 aromatic heterocycles. The van der Waals surface area contributed by atoms with Crippen molar-refractivity contribution in [2.24, 2.45) is 5.92 Å². The number of carbonyl (C=O) groups excluding carboxylic acids is 2. The number of halogens is 1. The van der Waals surface area contributed by atoms with Crippen LogP contribution in [-0.4, -0.2) is 47.9 Å². The summed E-state index contributed by atoms with van der Waals surface area (Å²) in [5.74, 6) is -2.13. The van der Waals surface area contributed by atoms with Gasteiger partial charge < -0.3 is 15.0 Å². The van der Waals surface area contributed by atoms with E-state index in [-0.39, 0.29) is 30.6 Å². The Morgan fingerprint density at radius 2 is 2.29 bits per heavy atom. The highest BCUT2D eigenvalue weighted by molar-refractivity contribution is 5.97. The van der Waals surface area contributed by atoms with Crippen molar-refractivity contribution in [1.82, 2.24) is 4.90 Å². The fraction of sp³-hybridized carbons (Fsp3) is 0.467. The average molecular weight is 339 g/mol. The molecule has 1 fully saturated rings. The summed E-state index contributed by atoms with van der Waals surface area (Å²) in [4.78, 5) is 35.7. The van der Waals surface area contributed by atoms with E-state index < -0.39 is 28.3 Å². The van der Waals surface area contributed by atoms with Crippen LogP contribution in [0.25, 0.3) is 0 Å². The average Bonchev–Trinajstić information content (AvgIpc) is 2.91. The number of nitrogens with zero attached hydrogens (tertiary/aromatic N) is 2. The Morgan fingerprint density at radius 3 is 2.92 bits per heavy atom. The Bertz CT molecular complexity index is 667. The number of hydrogen-bond acceptors (Lipinski definition) is 5. The first kappa shape index (κ1) is 17.8. The summed E-state index contributed by atoms with van der Waals surface area (Å²) in [6, 6.07) is 2.96. The van der Waals surface area contributed by atoms with Crippen LogP contribution in [0.4, 0.5) is 15.8 Å². The molecule has 0 aliphatic carbocycles. The quantitative estimate of drug-likeness (QED) is 0.626. The number of likely N-dealkylation sites (tertiary alicyclic amines) is 1. The summed E-state index contributed by atoms with van der Waals surface area (Å²) < 4.78 is 18.3. The van der Waals surface area contributed by atoms with Crippen LogP contribution in [0.2, 0.25) is 0 Å². The summed E-state index contributed by atoms with van der Waals surface area (Å²) in [7, 11) is 1.53. The van der Waals surface area contributed by atoms with Crippen molar-refractivity contribution in [3.05, 3.63) is 34.1 Å². The van der Waals surface area contributed by atoms with Gasteiger partial charge in [0.05, 0.1) is 23.5 Å². The van der Waals surface area contributed by atoms with Gasteiger partial charge in [0.15, 0.2) is 0 Å². The van der Waals surface area contributed by atoms with Gasteiger partial charge in [0, 0.05) is 31.8 Å². The Hall–Kier alpha value is -2.55. The molecule has 1 heterocycles. The number of ether oxygens (including phenoxy) is 1. The molecule has 9 heteroatoms. The zero-order valence-electron chi connectivity index (χ0n) is 13.3. The van der Waals surface area contributed by atoms with Gasteiger partial charge >= 0.3 is 5.69 Å². The van der Waals surface area contributed by atoms with Crippen molar-refractivity contribution in [1.29, 1.82) is 0 Å². The third-order valence-corrected chi connectivity index (χ3v) is 3.88. The second-order valence-electron chi connectivity index (χ2n) is 5.66. The highest BCUT2D eigenvalue weighted by Gasteiger charge is 2.36. The van der Waals surface area contributed by atoms with E-state index in [1.165, 1.54) is 13.2 Å². The largest absolute Gasteiger partial charge is 0.383 e. The highest BCUT2D eigenvalue weighted by atomic mass is 19.1. The molecule has 0 saturated carbocycles. The predicted octanol–water partition coefficient (Wildman–Crippen LogP) is 1.56. The van der Waals surface area contributed by atoms with Crippen molar-refractivity contribution >= 4 is 23.2 Å². The van der Waals surface area contributed by atoms with Crippen molar-refractivity contribution < 1.29 is 23.6 Å². The minimum Gasteiger partial charge on any atom is -0.383 e. The van der Waals surface area contributed by atoms with Crippen LogP contribution < -0.4 is 5.32 Å². The van der Waals surface area contributed by atoms with Gasteiger partial charge in [-0.15, -0.1) is 0 Å². The molecule has 1 N–H and O–H groups in total. The molecule has 1 aromatic rings. The summed E-state index contributed by atoms with van der Waals surface area (Å²) >= 11 is 0. The van der Waals surface area contributed by atoms with Gasteiger partial charge in [0.2, 0.25) is 17.6 Å². The van der Waals surface area contributed by atoms with Gasteiger partial charge in [-0.3, -0.25) is 19.7 Å². The number of hydrogen-bond donors (Lipinski definition) is 1. The van der Waals surface area contributed by atoms with Crippen molar-refractivity contribution in [3.8, 4) is 0 Å². The van der Waals surface area contributed by atoms with E-state index in [0.717, 1.165) is 12.1 Å². The first-order chi connectivity index (χ1) is 11.3. The molecule has 0 bridgehead atoms. The first-order valence-electron chi connectivity index (χ1n) is 7.36. The predicted molar refractivity (Wildman–Crippen MR) is 82.8 cm³/mol. The van der Waals surface area contributed by atoms with Gasteiger partial charge in [0.1, 0.15) is 0 Å². The van der Waals surface area contributed by atoms with E-state index in [1.54, 1.807) is 4.90 Å². The molecule has 2 atom stereocenters. The monoisotopic (exact) mass is 339 g/mol. The second-order valence-corrected chi connectivity index (χ2v) is 5.66. The van der Waals surface area contributed by atoms with Gasteiger partial charge in [-0.25, -0.2) is 0 Å². The van der Waals surface area contributed by atoms with Gasteiger partial charge in [-0.2, -0.15) is 4.39 Å². The first-order valence-corrected chi connectivity index (χ1v) is 7.36. The van der Waals surface area contributed by atoms with Crippen molar-refractivity contribution in [3.63, 3.8) is 0 Å². The maximum Gasteiger partial charge on any atom is 0.306 e. The third-order valence-electron chi connectivity index (χ3n) is 3.88. The van der Waals surface area contributed by atoms with Crippen LogP contribution in [0.1, 0.15) is 13.3 Å². The lowest BCUT2D eigenvalue weighted by molar-refractivity contribution is -0.387. The zero-order chi connectivity index (χ0) is 17.9. The Morgan fingerprint density at radius 1 is 1.58 bits per heavy atom. The number of carbonyl (C=O) groups is 2. The molecule has 2 amide bonds. The number of amides is 2. The molecule has 1 aliphatic heterocycles. The Labute approximate surface area is 137 Å². The second kappa shape index (κ2) is 7.35. The molecular weight excluding hydrogens is 321 g/mol. The highest BCUT2D eigenvalue weighted by Crippen LogP contribution is 2.25. The number of benzene rings is 1. The van der Waals surface area contributed by atoms with E-state index in [2.05, 4.69) is 5.32 Å². The SMILES string of the molecule is COC[C@@H](C)N1C[C@@H](C(=O)Nc2ccc(F)c([N+](=O)[O-])c2)CC1=O. The summed E-state index contributed by atoms with van der Waals surface area (Å²) in [5.41, 5.74) is -0.602. The molecule has 8 nitrogen and oxygen atoms in total. The molecule has 1 aliphatic rings. The summed E-state index contributed by atoms with van der Waals surface area (Å²) in [5, 5.41) is 13.2. The number of rotatable bonds is 6. The topological polar surface area (TPSA) is 102 Å². The molecular formula is C15H18FN3O5. The fourth-order valence-electron chi connectivity index (χ4n) is 2.64. The van der Waals surface area contributed by atoms with Gasteiger partial charge in [-0.1, -0.05) is 0 Å². The van der Waals surface area contributed by atoms with Crippen molar-refractivity contribution in [2.75, 3.05) is 25.6 Å². The third kappa shape index (κ3) is 3.85. The van der Waals surface area contributed by atoms with Crippen LogP contribution in [0, 0.1) is 21.8 Å². The minimum absolute atomic E-state index is 0.0587. The maximum atomic E-state index is 13.3. The lowest BCUT2D eigenvalue weighted by Crippen LogP contribution is -2.38. The van der Waals surface area contributed by atoms with Crippen LogP contribution >= 0.6 is 0 Å². The number of methoxy groups -OCH3 is 1. The molecule has 0 spiro atoms. The molecule has 0 radical (unpaired) electrons. The molecule has 1 saturated heterocycles. The smallest absolute Gasteiger partial charge is 0.306 e. The summed E-state index contributed by atoms with van der Waals surface area (Å²) in [6.07, 6.45) is 0.0587. The summed E-state index contributed by atoms with van der Waals surface area (Å²) in [6.45, 7) is 2.44. The van der Waals surface area contributed by atoms with Gasteiger partial charge in [-0.05, 0) is 19.1 Å². The number of nitro benzene ring substituents is 1. The van der Waals surface area contributed by atoms with Gasteiger partial charge in [0.25, 0.3) is 0 Å². The molecule has 130 valence electrons. The molecule has 2 rings (SSSR count). The number of nitro groups is 1. The maximum absolute atomic E-state index is 13.3. The number of anilines is 1. The molecule has 0 unspecified atom stereocenters. The molecule has 24 heavy (non-hydrogen) atoms. The van der Waals surface area contributed by atoms with Crippen LogP contribution in [0.5, 0.6) is 0 Å². The molecule has 1 aromatic carbocycles. The van der Waals surface area contributed by atoms with Crippen LogP contribution in [0.3, 0.4) is 0 Å².